The standard InChI is InChI=1S/C11H15ClN2O3S/c1-14(10-6-13-7-11(10)15)18(16,17)9-4-2-8(12)3-5-9/h2-5,10-11,13,15H,6-7H2,1H3/t10-,11-/m0/s1. The molecule has 1 aliphatic heterocycles. The van der Waals surface area contributed by atoms with E-state index in [2.05, 4.69) is 5.32 Å². The number of likely N-dealkylation sites (N-methyl/N-ethyl adjacent to an activating group) is 1. The van der Waals surface area contributed by atoms with Crippen LogP contribution in [0.3, 0.4) is 0 Å². The maximum atomic E-state index is 12.3. The van der Waals surface area contributed by atoms with E-state index in [0.717, 1.165) is 0 Å². The highest BCUT2D eigenvalue weighted by Gasteiger charge is 2.35. The normalized spacial score (nSPS) is 24.7. The van der Waals surface area contributed by atoms with E-state index < -0.39 is 22.2 Å². The molecule has 1 fully saturated rings. The maximum absolute atomic E-state index is 12.3. The number of aliphatic hydroxyl groups is 1. The molecule has 1 aliphatic rings. The van der Waals surface area contributed by atoms with Crippen molar-refractivity contribution in [3.8, 4) is 0 Å². The summed E-state index contributed by atoms with van der Waals surface area (Å²) < 4.78 is 25.8. The fourth-order valence-corrected chi connectivity index (χ4v) is 3.48. The average molecular weight is 291 g/mol. The molecule has 0 bridgehead atoms. The Labute approximate surface area is 111 Å². The topological polar surface area (TPSA) is 69.6 Å². The van der Waals surface area contributed by atoms with Crippen molar-refractivity contribution in [3.63, 3.8) is 0 Å². The fraction of sp³-hybridized carbons (Fsp3) is 0.455. The molecule has 2 rings (SSSR count). The van der Waals surface area contributed by atoms with Crippen LogP contribution in [0.5, 0.6) is 0 Å². The largest absolute Gasteiger partial charge is 0.390 e. The fourth-order valence-electron chi connectivity index (χ4n) is 1.97. The van der Waals surface area contributed by atoms with Crippen LogP contribution in [0.25, 0.3) is 0 Å². The van der Waals surface area contributed by atoms with Crippen molar-refractivity contribution >= 4 is 21.6 Å². The first-order valence-electron chi connectivity index (χ1n) is 5.55. The summed E-state index contributed by atoms with van der Waals surface area (Å²) in [5.74, 6) is 0. The highest BCUT2D eigenvalue weighted by molar-refractivity contribution is 7.89. The molecule has 7 heteroatoms. The van der Waals surface area contributed by atoms with Gasteiger partial charge in [0.1, 0.15) is 0 Å². The Kier molecular flexibility index (Phi) is 3.93. The van der Waals surface area contributed by atoms with Gasteiger partial charge in [-0.15, -0.1) is 0 Å². The van der Waals surface area contributed by atoms with Gasteiger partial charge < -0.3 is 10.4 Å². The molecule has 1 aromatic rings. The molecule has 1 heterocycles. The molecule has 0 spiro atoms. The number of aliphatic hydroxyl groups excluding tert-OH is 1. The van der Waals surface area contributed by atoms with Crippen LogP contribution in [-0.4, -0.2) is 50.1 Å². The zero-order valence-corrected chi connectivity index (χ0v) is 11.4. The van der Waals surface area contributed by atoms with Crippen molar-refractivity contribution in [1.29, 1.82) is 0 Å². The van der Waals surface area contributed by atoms with Gasteiger partial charge in [-0.2, -0.15) is 4.31 Å². The Hall–Kier alpha value is -0.660. The summed E-state index contributed by atoms with van der Waals surface area (Å²) in [5.41, 5.74) is 0. The highest BCUT2D eigenvalue weighted by Crippen LogP contribution is 2.21. The van der Waals surface area contributed by atoms with Gasteiger partial charge in [0.2, 0.25) is 10.0 Å². The Morgan fingerprint density at radius 3 is 2.44 bits per heavy atom. The SMILES string of the molecule is CN([C@H]1CNC[C@@H]1O)S(=O)(=O)c1ccc(Cl)cc1. The molecule has 0 saturated carbocycles. The quantitative estimate of drug-likeness (QED) is 0.840. The number of benzene rings is 1. The van der Waals surface area contributed by atoms with Crippen molar-refractivity contribution in [2.75, 3.05) is 20.1 Å². The van der Waals surface area contributed by atoms with E-state index in [0.29, 0.717) is 18.1 Å². The van der Waals surface area contributed by atoms with Crippen molar-refractivity contribution in [1.82, 2.24) is 9.62 Å². The summed E-state index contributed by atoms with van der Waals surface area (Å²) in [6.45, 7) is 0.857. The number of rotatable bonds is 3. The van der Waals surface area contributed by atoms with Crippen LogP contribution in [0.2, 0.25) is 5.02 Å². The van der Waals surface area contributed by atoms with E-state index in [1.54, 1.807) is 0 Å². The average Bonchev–Trinajstić information content (AvgIpc) is 2.75. The molecule has 0 unspecified atom stereocenters. The van der Waals surface area contributed by atoms with Gasteiger partial charge in [-0.1, -0.05) is 11.6 Å². The van der Waals surface area contributed by atoms with Gasteiger partial charge in [0.15, 0.2) is 0 Å². The van der Waals surface area contributed by atoms with Crippen molar-refractivity contribution < 1.29 is 13.5 Å². The number of nitrogens with one attached hydrogen (secondary N) is 1. The Bertz CT molecular complexity index is 518. The first-order chi connectivity index (χ1) is 8.43. The van der Waals surface area contributed by atoms with Crippen molar-refractivity contribution in [2.45, 2.75) is 17.0 Å². The lowest BCUT2D eigenvalue weighted by Gasteiger charge is -2.25. The first kappa shape index (κ1) is 13.8. The lowest BCUT2D eigenvalue weighted by Crippen LogP contribution is -2.44. The van der Waals surface area contributed by atoms with E-state index in [-0.39, 0.29) is 4.90 Å². The van der Waals surface area contributed by atoms with Gasteiger partial charge in [-0.3, -0.25) is 0 Å². The van der Waals surface area contributed by atoms with Crippen LogP contribution >= 0.6 is 11.6 Å². The monoisotopic (exact) mass is 290 g/mol. The number of β-amino-alcohol motifs (C(OH)–C–C–N with tert-alkyl or cyclic N) is 1. The molecular formula is C11H15ClN2O3S. The Balaban J connectivity index is 2.28. The molecule has 0 aliphatic carbocycles. The number of nitrogens with zero attached hydrogens (tertiary/aromatic N) is 1. The predicted molar refractivity (Wildman–Crippen MR) is 69.1 cm³/mol. The van der Waals surface area contributed by atoms with E-state index in [4.69, 9.17) is 11.6 Å². The second-order valence-corrected chi connectivity index (χ2v) is 6.70. The van der Waals surface area contributed by atoms with Crippen LogP contribution < -0.4 is 5.32 Å². The van der Waals surface area contributed by atoms with E-state index in [9.17, 15) is 13.5 Å². The third-order valence-electron chi connectivity index (χ3n) is 3.11. The summed E-state index contributed by atoms with van der Waals surface area (Å²) in [7, 11) is -2.12. The van der Waals surface area contributed by atoms with Crippen LogP contribution in [0.1, 0.15) is 0 Å². The molecule has 0 amide bonds. The molecule has 1 saturated heterocycles. The number of sulfonamides is 1. The van der Waals surface area contributed by atoms with Gasteiger partial charge in [0, 0.05) is 25.2 Å². The minimum Gasteiger partial charge on any atom is -0.390 e. The van der Waals surface area contributed by atoms with Gasteiger partial charge in [0.25, 0.3) is 0 Å². The molecular weight excluding hydrogens is 276 g/mol. The van der Waals surface area contributed by atoms with Crippen LogP contribution in [0.4, 0.5) is 0 Å². The van der Waals surface area contributed by atoms with E-state index >= 15 is 0 Å². The molecule has 2 N–H and O–H groups in total. The highest BCUT2D eigenvalue weighted by atomic mass is 35.5. The van der Waals surface area contributed by atoms with Crippen molar-refractivity contribution in [3.05, 3.63) is 29.3 Å². The van der Waals surface area contributed by atoms with Gasteiger partial charge in [-0.05, 0) is 24.3 Å². The smallest absolute Gasteiger partial charge is 0.243 e. The zero-order chi connectivity index (χ0) is 13.3. The maximum Gasteiger partial charge on any atom is 0.243 e. The minimum atomic E-state index is -3.60. The summed E-state index contributed by atoms with van der Waals surface area (Å²) in [6.07, 6.45) is -0.683. The third-order valence-corrected chi connectivity index (χ3v) is 5.26. The first-order valence-corrected chi connectivity index (χ1v) is 7.37. The number of hydrogen-bond acceptors (Lipinski definition) is 4. The van der Waals surface area contributed by atoms with Crippen LogP contribution in [0.15, 0.2) is 29.2 Å². The number of halogens is 1. The van der Waals surface area contributed by atoms with E-state index in [1.165, 1.54) is 35.6 Å². The second-order valence-electron chi connectivity index (χ2n) is 4.27. The molecule has 2 atom stereocenters. The van der Waals surface area contributed by atoms with Crippen LogP contribution in [-0.2, 0) is 10.0 Å². The number of hydrogen-bond donors (Lipinski definition) is 2. The van der Waals surface area contributed by atoms with Gasteiger partial charge >= 0.3 is 0 Å². The van der Waals surface area contributed by atoms with Gasteiger partial charge in [-0.25, -0.2) is 8.42 Å². The summed E-state index contributed by atoms with van der Waals surface area (Å²) in [6, 6.07) is 5.55. The van der Waals surface area contributed by atoms with E-state index in [1.807, 2.05) is 0 Å². The Morgan fingerprint density at radius 2 is 1.94 bits per heavy atom. The summed E-state index contributed by atoms with van der Waals surface area (Å²) in [5, 5.41) is 13.2. The zero-order valence-electron chi connectivity index (χ0n) is 9.88. The molecule has 1 aromatic carbocycles. The molecule has 5 nitrogen and oxygen atoms in total. The summed E-state index contributed by atoms with van der Waals surface area (Å²) >= 11 is 5.73. The minimum absolute atomic E-state index is 0.175. The molecule has 0 radical (unpaired) electrons. The predicted octanol–water partition coefficient (Wildman–Crippen LogP) is 0.293. The lowest BCUT2D eigenvalue weighted by molar-refractivity contribution is 0.136. The molecule has 18 heavy (non-hydrogen) atoms. The molecule has 100 valence electrons. The molecule has 0 aromatic heterocycles. The second kappa shape index (κ2) is 5.14. The van der Waals surface area contributed by atoms with Crippen LogP contribution in [0, 0.1) is 0 Å². The van der Waals surface area contributed by atoms with Gasteiger partial charge in [0.05, 0.1) is 17.0 Å². The van der Waals surface area contributed by atoms with Crippen molar-refractivity contribution in [2.24, 2.45) is 0 Å². The Morgan fingerprint density at radius 1 is 1.33 bits per heavy atom. The lowest BCUT2D eigenvalue weighted by atomic mass is 10.2. The summed E-state index contributed by atoms with van der Waals surface area (Å²) in [4.78, 5) is 0.175. The third kappa shape index (κ3) is 2.53.